The van der Waals surface area contributed by atoms with Crippen molar-refractivity contribution in [3.63, 3.8) is 0 Å². The number of methoxy groups -OCH3 is 1. The molecule has 178 valence electrons. The normalized spacial score (nSPS) is 21.4. The summed E-state index contributed by atoms with van der Waals surface area (Å²) in [5.74, 6) is 0.839. The average Bonchev–Trinajstić information content (AvgIpc) is 2.82. The Kier molecular flexibility index (Phi) is 7.21. The molecule has 1 saturated heterocycles. The number of carbonyl (C=O) groups excluding carboxylic acids is 1. The lowest BCUT2D eigenvalue weighted by Gasteiger charge is -2.44. The van der Waals surface area contributed by atoms with E-state index in [4.69, 9.17) is 14.2 Å². The molecule has 1 amide bonds. The molecule has 9 heteroatoms. The number of para-hydroxylation sites is 1. The van der Waals surface area contributed by atoms with Crippen LogP contribution in [0.25, 0.3) is 0 Å². The van der Waals surface area contributed by atoms with Gasteiger partial charge in [-0.1, -0.05) is 30.3 Å². The number of nitrogens with zero attached hydrogens (tertiary/aromatic N) is 2. The van der Waals surface area contributed by atoms with Crippen LogP contribution in [-0.4, -0.2) is 70.1 Å². The van der Waals surface area contributed by atoms with Crippen molar-refractivity contribution < 1.29 is 27.4 Å². The van der Waals surface area contributed by atoms with Crippen molar-refractivity contribution in [3.8, 4) is 11.5 Å². The van der Waals surface area contributed by atoms with Crippen molar-refractivity contribution >= 4 is 15.9 Å². The molecular formula is C24H30N2O6S. The summed E-state index contributed by atoms with van der Waals surface area (Å²) in [6.45, 7) is 3.98. The fourth-order valence-electron chi connectivity index (χ4n) is 4.57. The lowest BCUT2D eigenvalue weighted by atomic mass is 9.88. The van der Waals surface area contributed by atoms with Gasteiger partial charge in [0, 0.05) is 44.6 Å². The van der Waals surface area contributed by atoms with Crippen molar-refractivity contribution in [1.82, 2.24) is 9.21 Å². The SMILES string of the molecule is CCOc1cccc2c1OC[C@@H]1CN(CCOC)C(=O)CCN(S(=O)(=O)c3ccccc3)[C@H]21. The van der Waals surface area contributed by atoms with Crippen molar-refractivity contribution in [1.29, 1.82) is 0 Å². The van der Waals surface area contributed by atoms with E-state index < -0.39 is 16.1 Å². The molecule has 0 aliphatic carbocycles. The van der Waals surface area contributed by atoms with E-state index in [0.29, 0.717) is 37.8 Å². The zero-order valence-corrected chi connectivity index (χ0v) is 19.8. The van der Waals surface area contributed by atoms with Crippen LogP contribution in [0.4, 0.5) is 0 Å². The van der Waals surface area contributed by atoms with E-state index in [1.807, 2.05) is 25.1 Å². The first kappa shape index (κ1) is 23.5. The molecule has 33 heavy (non-hydrogen) atoms. The number of sulfonamides is 1. The molecule has 0 unspecified atom stereocenters. The Morgan fingerprint density at radius 1 is 1.12 bits per heavy atom. The first-order valence-corrected chi connectivity index (χ1v) is 12.6. The van der Waals surface area contributed by atoms with Gasteiger partial charge in [0.2, 0.25) is 15.9 Å². The van der Waals surface area contributed by atoms with E-state index in [0.717, 1.165) is 5.56 Å². The van der Waals surface area contributed by atoms with Crippen LogP contribution in [0.1, 0.15) is 24.9 Å². The molecule has 2 atom stereocenters. The number of hydrogen-bond acceptors (Lipinski definition) is 6. The molecule has 2 aromatic rings. The average molecular weight is 475 g/mol. The van der Waals surface area contributed by atoms with E-state index in [1.165, 1.54) is 4.31 Å². The second-order valence-corrected chi connectivity index (χ2v) is 10.0. The summed E-state index contributed by atoms with van der Waals surface area (Å²) in [6, 6.07) is 13.5. The predicted octanol–water partition coefficient (Wildman–Crippen LogP) is 2.70. The highest BCUT2D eigenvalue weighted by Gasteiger charge is 2.44. The lowest BCUT2D eigenvalue weighted by Crippen LogP contribution is -2.51. The molecule has 2 aromatic carbocycles. The minimum absolute atomic E-state index is 0.0824. The molecule has 0 spiro atoms. The van der Waals surface area contributed by atoms with Gasteiger partial charge in [0.25, 0.3) is 0 Å². The van der Waals surface area contributed by atoms with Gasteiger partial charge in [-0.15, -0.1) is 0 Å². The fraction of sp³-hybridized carbons (Fsp3) is 0.458. The summed E-state index contributed by atoms with van der Waals surface area (Å²) in [4.78, 5) is 14.9. The maximum atomic E-state index is 13.8. The highest BCUT2D eigenvalue weighted by atomic mass is 32.2. The summed E-state index contributed by atoms with van der Waals surface area (Å²) in [5, 5.41) is 0. The van der Waals surface area contributed by atoms with Gasteiger partial charge in [0.1, 0.15) is 0 Å². The Hall–Kier alpha value is -2.62. The summed E-state index contributed by atoms with van der Waals surface area (Å²) in [5.41, 5.74) is 0.762. The second-order valence-electron chi connectivity index (χ2n) is 8.13. The molecule has 4 rings (SSSR count). The smallest absolute Gasteiger partial charge is 0.243 e. The highest BCUT2D eigenvalue weighted by Crippen LogP contribution is 2.46. The van der Waals surface area contributed by atoms with Crippen LogP contribution < -0.4 is 9.47 Å². The van der Waals surface area contributed by atoms with Crippen LogP contribution in [0.5, 0.6) is 11.5 Å². The van der Waals surface area contributed by atoms with Gasteiger partial charge in [0.15, 0.2) is 11.5 Å². The van der Waals surface area contributed by atoms with Gasteiger partial charge >= 0.3 is 0 Å². The minimum Gasteiger partial charge on any atom is -0.490 e. The summed E-state index contributed by atoms with van der Waals surface area (Å²) in [6.07, 6.45) is 0.0976. The number of benzene rings is 2. The largest absolute Gasteiger partial charge is 0.490 e. The third-order valence-electron chi connectivity index (χ3n) is 6.10. The molecule has 0 saturated carbocycles. The van der Waals surface area contributed by atoms with Crippen LogP contribution in [0.3, 0.4) is 0 Å². The molecule has 2 aliphatic rings. The molecule has 0 bridgehead atoms. The highest BCUT2D eigenvalue weighted by molar-refractivity contribution is 7.89. The van der Waals surface area contributed by atoms with E-state index in [2.05, 4.69) is 0 Å². The van der Waals surface area contributed by atoms with Crippen LogP contribution in [0.15, 0.2) is 53.4 Å². The molecule has 0 radical (unpaired) electrons. The number of rotatable bonds is 7. The van der Waals surface area contributed by atoms with E-state index in [-0.39, 0.29) is 36.3 Å². The standard InChI is InChI=1S/C24H30N2O6S/c1-3-31-21-11-7-10-20-23-18(17-32-24(20)21)16-25(14-15-30-2)22(27)12-13-26(23)33(28,29)19-8-5-4-6-9-19/h4-11,18,23H,3,12-17H2,1-2H3/t18-,23-/m0/s1. The van der Waals surface area contributed by atoms with Gasteiger partial charge in [-0.25, -0.2) is 8.42 Å². The Bertz CT molecular complexity index is 1080. The molecular weight excluding hydrogens is 444 g/mol. The molecule has 8 nitrogen and oxygen atoms in total. The van der Waals surface area contributed by atoms with Crippen molar-refractivity contribution in [3.05, 3.63) is 54.1 Å². The minimum atomic E-state index is -3.86. The first-order valence-electron chi connectivity index (χ1n) is 11.2. The predicted molar refractivity (Wildman–Crippen MR) is 123 cm³/mol. The van der Waals surface area contributed by atoms with E-state index in [1.54, 1.807) is 42.3 Å². The van der Waals surface area contributed by atoms with E-state index >= 15 is 0 Å². The maximum Gasteiger partial charge on any atom is 0.243 e. The number of ether oxygens (including phenoxy) is 3. The van der Waals surface area contributed by atoms with Crippen LogP contribution in [0, 0.1) is 5.92 Å². The molecule has 2 aliphatic heterocycles. The van der Waals surface area contributed by atoms with Crippen molar-refractivity contribution in [2.75, 3.05) is 46.6 Å². The molecule has 1 fully saturated rings. The second kappa shape index (κ2) is 10.1. The monoisotopic (exact) mass is 474 g/mol. The maximum absolute atomic E-state index is 13.8. The third kappa shape index (κ3) is 4.71. The fourth-order valence-corrected chi connectivity index (χ4v) is 6.26. The topological polar surface area (TPSA) is 85.4 Å². The number of hydrogen-bond donors (Lipinski definition) is 0. The van der Waals surface area contributed by atoms with Crippen LogP contribution in [-0.2, 0) is 19.6 Å². The van der Waals surface area contributed by atoms with Gasteiger partial charge in [-0.3, -0.25) is 4.79 Å². The summed E-state index contributed by atoms with van der Waals surface area (Å²) < 4.78 is 46.1. The van der Waals surface area contributed by atoms with Gasteiger partial charge in [-0.05, 0) is 25.1 Å². The zero-order valence-electron chi connectivity index (χ0n) is 19.0. The van der Waals surface area contributed by atoms with Crippen molar-refractivity contribution in [2.45, 2.75) is 24.3 Å². The molecule has 2 heterocycles. The first-order chi connectivity index (χ1) is 16.0. The Morgan fingerprint density at radius 3 is 2.64 bits per heavy atom. The van der Waals surface area contributed by atoms with Crippen LogP contribution >= 0.6 is 0 Å². The molecule has 0 N–H and O–H groups in total. The quantitative estimate of drug-likeness (QED) is 0.614. The number of amides is 1. The molecule has 0 aromatic heterocycles. The lowest BCUT2D eigenvalue weighted by molar-refractivity contribution is -0.134. The van der Waals surface area contributed by atoms with Gasteiger partial charge in [-0.2, -0.15) is 4.31 Å². The summed E-state index contributed by atoms with van der Waals surface area (Å²) >= 11 is 0. The zero-order chi connectivity index (χ0) is 23.4. The van der Waals surface area contributed by atoms with Gasteiger partial charge < -0.3 is 19.1 Å². The Labute approximate surface area is 195 Å². The Morgan fingerprint density at radius 2 is 1.91 bits per heavy atom. The number of fused-ring (bicyclic) bond motifs is 3. The number of carbonyl (C=O) groups is 1. The third-order valence-corrected chi connectivity index (χ3v) is 7.99. The van der Waals surface area contributed by atoms with Crippen molar-refractivity contribution in [2.24, 2.45) is 5.92 Å². The Balaban J connectivity index is 1.81. The summed E-state index contributed by atoms with van der Waals surface area (Å²) in [7, 11) is -2.26. The van der Waals surface area contributed by atoms with Crippen LogP contribution in [0.2, 0.25) is 0 Å². The van der Waals surface area contributed by atoms with Gasteiger partial charge in [0.05, 0.1) is 30.8 Å². The van der Waals surface area contributed by atoms with E-state index in [9.17, 15) is 13.2 Å².